The highest BCUT2D eigenvalue weighted by Crippen LogP contribution is 2.20. The second-order valence-electron chi connectivity index (χ2n) is 3.53. The first-order valence-corrected chi connectivity index (χ1v) is 6.29. The molecule has 0 spiro atoms. The van der Waals surface area contributed by atoms with E-state index in [0.29, 0.717) is 5.88 Å². The van der Waals surface area contributed by atoms with Crippen molar-refractivity contribution in [2.24, 2.45) is 4.99 Å². The first-order valence-electron chi connectivity index (χ1n) is 5.21. The van der Waals surface area contributed by atoms with Gasteiger partial charge in [-0.3, -0.25) is 4.99 Å². The number of aromatic hydroxyl groups is 1. The van der Waals surface area contributed by atoms with E-state index in [-0.39, 0.29) is 5.75 Å². The Balaban J connectivity index is 2.16. The number of methoxy groups -OCH3 is 1. The predicted molar refractivity (Wildman–Crippen MR) is 78.9 cm³/mol. The number of halogens is 1. The first-order chi connectivity index (χ1) is 8.69. The smallest absolute Gasteiger partial charge is 0.213 e. The fourth-order valence-corrected chi connectivity index (χ4v) is 1.86. The van der Waals surface area contributed by atoms with Crippen LogP contribution in [0.1, 0.15) is 5.56 Å². The fourth-order valence-electron chi connectivity index (χ4n) is 1.32. The van der Waals surface area contributed by atoms with Gasteiger partial charge in [-0.15, -0.1) is 0 Å². The summed E-state index contributed by atoms with van der Waals surface area (Å²) in [6.45, 7) is 0. The molecule has 1 aromatic carbocycles. The van der Waals surface area contributed by atoms with Crippen molar-refractivity contribution < 1.29 is 9.84 Å². The van der Waals surface area contributed by atoms with Crippen LogP contribution in [0.15, 0.2) is 41.5 Å². The molecular formula is C13H11IN2O2. The number of hydrogen-bond donors (Lipinski definition) is 1. The van der Waals surface area contributed by atoms with Crippen molar-refractivity contribution in [3.8, 4) is 11.6 Å². The third-order valence-electron chi connectivity index (χ3n) is 2.26. The molecule has 5 heteroatoms. The average Bonchev–Trinajstić information content (AvgIpc) is 2.41. The molecule has 0 aliphatic rings. The summed E-state index contributed by atoms with van der Waals surface area (Å²) < 4.78 is 5.76. The van der Waals surface area contributed by atoms with E-state index in [1.807, 2.05) is 12.1 Å². The molecule has 0 aliphatic carbocycles. The standard InChI is InChI=1S/C13H11IN2O2/c1-18-13-5-3-10(8-16-13)15-7-9-2-4-12(17)11(14)6-9/h2-8,17H,1H3. The maximum atomic E-state index is 9.41. The van der Waals surface area contributed by atoms with Crippen molar-refractivity contribution >= 4 is 34.5 Å². The SMILES string of the molecule is COc1ccc(N=Cc2ccc(O)c(I)c2)cn1. The van der Waals surface area contributed by atoms with Crippen LogP contribution < -0.4 is 4.74 Å². The maximum absolute atomic E-state index is 9.41. The van der Waals surface area contributed by atoms with Gasteiger partial charge in [0.25, 0.3) is 0 Å². The largest absolute Gasteiger partial charge is 0.507 e. The van der Waals surface area contributed by atoms with E-state index in [1.165, 1.54) is 0 Å². The van der Waals surface area contributed by atoms with Gasteiger partial charge in [0.1, 0.15) is 5.75 Å². The summed E-state index contributed by atoms with van der Waals surface area (Å²) in [6.07, 6.45) is 3.37. The average molecular weight is 354 g/mol. The zero-order valence-electron chi connectivity index (χ0n) is 9.67. The van der Waals surface area contributed by atoms with Crippen molar-refractivity contribution in [2.45, 2.75) is 0 Å². The molecule has 92 valence electrons. The van der Waals surface area contributed by atoms with Gasteiger partial charge in [-0.25, -0.2) is 4.98 Å². The Kier molecular flexibility index (Phi) is 4.14. The Bertz CT molecular complexity index is 568. The van der Waals surface area contributed by atoms with Gasteiger partial charge in [0.15, 0.2) is 0 Å². The third-order valence-corrected chi connectivity index (χ3v) is 3.13. The van der Waals surface area contributed by atoms with Crippen LogP contribution >= 0.6 is 22.6 Å². The van der Waals surface area contributed by atoms with Crippen molar-refractivity contribution in [3.05, 3.63) is 45.7 Å². The van der Waals surface area contributed by atoms with E-state index in [1.54, 1.807) is 37.7 Å². The van der Waals surface area contributed by atoms with Crippen molar-refractivity contribution in [3.63, 3.8) is 0 Å². The van der Waals surface area contributed by atoms with Gasteiger partial charge in [-0.2, -0.15) is 0 Å². The molecule has 0 atom stereocenters. The van der Waals surface area contributed by atoms with Crippen LogP contribution in [0.4, 0.5) is 5.69 Å². The Morgan fingerprint density at radius 1 is 1.33 bits per heavy atom. The number of aliphatic imine (C=N–C) groups is 1. The number of phenolic OH excluding ortho intramolecular Hbond substituents is 1. The highest BCUT2D eigenvalue weighted by atomic mass is 127. The lowest BCUT2D eigenvalue weighted by Crippen LogP contribution is -1.85. The number of benzene rings is 1. The minimum atomic E-state index is 0.277. The number of hydrogen-bond acceptors (Lipinski definition) is 4. The fraction of sp³-hybridized carbons (Fsp3) is 0.0769. The van der Waals surface area contributed by atoms with E-state index >= 15 is 0 Å². The minimum absolute atomic E-state index is 0.277. The summed E-state index contributed by atoms with van der Waals surface area (Å²) in [5.74, 6) is 0.840. The van der Waals surface area contributed by atoms with Crippen LogP contribution in [0.3, 0.4) is 0 Å². The molecule has 0 saturated carbocycles. The molecule has 1 aromatic heterocycles. The topological polar surface area (TPSA) is 54.7 Å². The molecule has 0 saturated heterocycles. The molecule has 0 unspecified atom stereocenters. The Morgan fingerprint density at radius 3 is 2.78 bits per heavy atom. The molecule has 0 aliphatic heterocycles. The van der Waals surface area contributed by atoms with E-state index in [2.05, 4.69) is 32.6 Å². The maximum Gasteiger partial charge on any atom is 0.213 e. The zero-order valence-corrected chi connectivity index (χ0v) is 11.8. The summed E-state index contributed by atoms with van der Waals surface area (Å²) in [6, 6.07) is 8.89. The lowest BCUT2D eigenvalue weighted by atomic mass is 10.2. The summed E-state index contributed by atoms with van der Waals surface area (Å²) in [4.78, 5) is 8.36. The van der Waals surface area contributed by atoms with Crippen LogP contribution in [-0.2, 0) is 0 Å². The monoisotopic (exact) mass is 354 g/mol. The van der Waals surface area contributed by atoms with Crippen LogP contribution in [0.2, 0.25) is 0 Å². The van der Waals surface area contributed by atoms with Crippen LogP contribution in [0.25, 0.3) is 0 Å². The molecule has 1 heterocycles. The molecule has 0 amide bonds. The molecule has 2 rings (SSSR count). The summed E-state index contributed by atoms with van der Waals surface area (Å²) in [7, 11) is 1.57. The molecular weight excluding hydrogens is 343 g/mol. The lowest BCUT2D eigenvalue weighted by Gasteiger charge is -1.99. The van der Waals surface area contributed by atoms with Crippen LogP contribution in [0.5, 0.6) is 11.6 Å². The number of phenols is 1. The van der Waals surface area contributed by atoms with Crippen molar-refractivity contribution in [1.82, 2.24) is 4.98 Å². The normalized spacial score (nSPS) is 10.8. The number of rotatable bonds is 3. The first kappa shape index (κ1) is 12.8. The van der Waals surface area contributed by atoms with Gasteiger partial charge in [-0.1, -0.05) is 0 Å². The van der Waals surface area contributed by atoms with Gasteiger partial charge in [-0.05, 0) is 52.4 Å². The Morgan fingerprint density at radius 2 is 2.17 bits per heavy atom. The number of pyridine rings is 1. The molecule has 0 bridgehead atoms. The summed E-state index contributed by atoms with van der Waals surface area (Å²) >= 11 is 2.07. The molecule has 0 radical (unpaired) electrons. The highest BCUT2D eigenvalue weighted by Gasteiger charge is 1.97. The lowest BCUT2D eigenvalue weighted by molar-refractivity contribution is 0.398. The number of nitrogens with zero attached hydrogens (tertiary/aromatic N) is 2. The highest BCUT2D eigenvalue weighted by molar-refractivity contribution is 14.1. The molecule has 1 N–H and O–H groups in total. The van der Waals surface area contributed by atoms with Gasteiger partial charge >= 0.3 is 0 Å². The van der Waals surface area contributed by atoms with Crippen molar-refractivity contribution in [2.75, 3.05) is 7.11 Å². The molecule has 0 fully saturated rings. The van der Waals surface area contributed by atoms with Gasteiger partial charge in [0, 0.05) is 12.3 Å². The van der Waals surface area contributed by atoms with Crippen LogP contribution in [0, 0.1) is 3.57 Å². The molecule has 2 aromatic rings. The predicted octanol–water partition coefficient (Wildman–Crippen LogP) is 3.15. The summed E-state index contributed by atoms with van der Waals surface area (Å²) in [5.41, 5.74) is 1.67. The zero-order chi connectivity index (χ0) is 13.0. The second-order valence-corrected chi connectivity index (χ2v) is 4.69. The van der Waals surface area contributed by atoms with Gasteiger partial charge < -0.3 is 9.84 Å². The van der Waals surface area contributed by atoms with Gasteiger partial charge in [0.05, 0.1) is 22.6 Å². The van der Waals surface area contributed by atoms with E-state index in [0.717, 1.165) is 14.8 Å². The van der Waals surface area contributed by atoms with Crippen molar-refractivity contribution in [1.29, 1.82) is 0 Å². The summed E-state index contributed by atoms with van der Waals surface area (Å²) in [5, 5.41) is 9.41. The quantitative estimate of drug-likeness (QED) is 0.681. The number of aromatic nitrogens is 1. The third kappa shape index (κ3) is 3.19. The second kappa shape index (κ2) is 5.81. The number of ether oxygens (including phenoxy) is 1. The molecule has 4 nitrogen and oxygen atoms in total. The Hall–Kier alpha value is -1.63. The van der Waals surface area contributed by atoms with E-state index < -0.39 is 0 Å². The minimum Gasteiger partial charge on any atom is -0.507 e. The molecule has 18 heavy (non-hydrogen) atoms. The van der Waals surface area contributed by atoms with Crippen LogP contribution in [-0.4, -0.2) is 23.4 Å². The Labute approximate surface area is 119 Å². The van der Waals surface area contributed by atoms with E-state index in [4.69, 9.17) is 4.74 Å². The van der Waals surface area contributed by atoms with Gasteiger partial charge in [0.2, 0.25) is 5.88 Å². The van der Waals surface area contributed by atoms with E-state index in [9.17, 15) is 5.11 Å².